The van der Waals surface area contributed by atoms with Crippen molar-refractivity contribution in [1.82, 2.24) is 4.90 Å². The molecule has 106 valence electrons. The lowest BCUT2D eigenvalue weighted by molar-refractivity contribution is 0.0179. The first-order valence-electron chi connectivity index (χ1n) is 6.20. The number of hydrogen-bond donors (Lipinski definition) is 1. The quantitative estimate of drug-likeness (QED) is 0.863. The van der Waals surface area contributed by atoms with Gasteiger partial charge in [0.05, 0.1) is 12.6 Å². The van der Waals surface area contributed by atoms with E-state index in [1.165, 1.54) is 0 Å². The number of hydrogen-bond acceptors (Lipinski definition) is 3. The average molecular weight is 285 g/mol. The van der Waals surface area contributed by atoms with Crippen molar-refractivity contribution >= 4 is 18.5 Å². The Hall–Kier alpha value is -1.26. The maximum atomic E-state index is 12.1. The average Bonchev–Trinajstić information content (AvgIpc) is 2.65. The highest BCUT2D eigenvalue weighted by Crippen LogP contribution is 2.33. The van der Waals surface area contributed by atoms with E-state index in [9.17, 15) is 4.79 Å². The summed E-state index contributed by atoms with van der Waals surface area (Å²) in [5, 5.41) is 0. The fraction of sp³-hybridized carbons (Fsp3) is 0.500. The summed E-state index contributed by atoms with van der Waals surface area (Å²) in [6.45, 7) is 6.59. The number of nitrogens with zero attached hydrogens (tertiary/aromatic N) is 1. The molecule has 2 N–H and O–H groups in total. The summed E-state index contributed by atoms with van der Waals surface area (Å²) < 4.78 is 5.42. The Morgan fingerprint density at radius 2 is 2.05 bits per heavy atom. The van der Waals surface area contributed by atoms with Crippen LogP contribution in [0, 0.1) is 0 Å². The van der Waals surface area contributed by atoms with E-state index in [1.807, 2.05) is 45.0 Å². The molecular formula is C14H21ClN2O2. The molecule has 1 aromatic rings. The third kappa shape index (κ3) is 3.39. The second kappa shape index (κ2) is 5.80. The molecule has 0 spiro atoms. The summed E-state index contributed by atoms with van der Waals surface area (Å²) in [5.41, 5.74) is 7.59. The van der Waals surface area contributed by atoms with Gasteiger partial charge in [-0.2, -0.15) is 0 Å². The molecule has 0 saturated heterocycles. The van der Waals surface area contributed by atoms with Crippen molar-refractivity contribution in [2.75, 3.05) is 6.54 Å². The van der Waals surface area contributed by atoms with Crippen LogP contribution in [0.4, 0.5) is 4.79 Å². The van der Waals surface area contributed by atoms with Gasteiger partial charge in [-0.25, -0.2) is 4.79 Å². The Bertz CT molecular complexity index is 457. The first-order valence-corrected chi connectivity index (χ1v) is 6.20. The number of nitrogens with two attached hydrogens (primary N) is 1. The summed E-state index contributed by atoms with van der Waals surface area (Å²) in [7, 11) is 0. The second-order valence-corrected chi connectivity index (χ2v) is 5.56. The first kappa shape index (κ1) is 15.8. The van der Waals surface area contributed by atoms with Gasteiger partial charge in [0.25, 0.3) is 0 Å². The molecule has 1 heterocycles. The number of amides is 1. The Kier molecular flexibility index (Phi) is 4.82. The topological polar surface area (TPSA) is 55.6 Å². The van der Waals surface area contributed by atoms with Gasteiger partial charge in [0, 0.05) is 6.54 Å². The van der Waals surface area contributed by atoms with Gasteiger partial charge in [-0.15, -0.1) is 12.4 Å². The molecular weight excluding hydrogens is 264 g/mol. The van der Waals surface area contributed by atoms with Gasteiger partial charge in [-0.05, 0) is 31.9 Å². The SMILES string of the molecule is CC(C)(C)OC(=O)N1Cc2ccccc2C1CN.Cl. The number of rotatable bonds is 1. The monoisotopic (exact) mass is 284 g/mol. The van der Waals surface area contributed by atoms with Gasteiger partial charge in [0.2, 0.25) is 0 Å². The number of carbonyl (C=O) groups is 1. The lowest BCUT2D eigenvalue weighted by atomic mass is 10.1. The van der Waals surface area contributed by atoms with Gasteiger partial charge in [-0.1, -0.05) is 24.3 Å². The molecule has 0 saturated carbocycles. The van der Waals surface area contributed by atoms with Crippen LogP contribution in [0.3, 0.4) is 0 Å². The molecule has 0 aromatic heterocycles. The first-order chi connectivity index (χ1) is 8.42. The van der Waals surface area contributed by atoms with Crippen molar-refractivity contribution in [3.8, 4) is 0 Å². The number of fused-ring (bicyclic) bond motifs is 1. The van der Waals surface area contributed by atoms with Crippen LogP contribution in [0.5, 0.6) is 0 Å². The molecule has 5 heteroatoms. The molecule has 1 aliphatic heterocycles. The molecule has 4 nitrogen and oxygen atoms in total. The summed E-state index contributed by atoms with van der Waals surface area (Å²) in [4.78, 5) is 13.9. The lowest BCUT2D eigenvalue weighted by Gasteiger charge is -2.28. The van der Waals surface area contributed by atoms with E-state index in [-0.39, 0.29) is 24.5 Å². The van der Waals surface area contributed by atoms with Crippen LogP contribution < -0.4 is 5.73 Å². The minimum atomic E-state index is -0.481. The molecule has 1 aromatic carbocycles. The molecule has 1 aliphatic rings. The normalized spacial score (nSPS) is 17.7. The fourth-order valence-electron chi connectivity index (χ4n) is 2.23. The second-order valence-electron chi connectivity index (χ2n) is 5.56. The van der Waals surface area contributed by atoms with Crippen LogP contribution in [0.1, 0.15) is 37.9 Å². The Balaban J connectivity index is 0.00000180. The van der Waals surface area contributed by atoms with E-state index in [0.29, 0.717) is 13.1 Å². The van der Waals surface area contributed by atoms with Crippen LogP contribution in [-0.4, -0.2) is 23.1 Å². The van der Waals surface area contributed by atoms with E-state index >= 15 is 0 Å². The predicted molar refractivity (Wildman–Crippen MR) is 77.3 cm³/mol. The predicted octanol–water partition coefficient (Wildman–Crippen LogP) is 2.86. The van der Waals surface area contributed by atoms with Crippen molar-refractivity contribution in [1.29, 1.82) is 0 Å². The molecule has 2 rings (SSSR count). The van der Waals surface area contributed by atoms with Crippen LogP contribution in [0.2, 0.25) is 0 Å². The maximum Gasteiger partial charge on any atom is 0.411 e. The van der Waals surface area contributed by atoms with Crippen LogP contribution in [0.25, 0.3) is 0 Å². The highest BCUT2D eigenvalue weighted by atomic mass is 35.5. The fourth-order valence-corrected chi connectivity index (χ4v) is 2.23. The molecule has 0 bridgehead atoms. The van der Waals surface area contributed by atoms with Gasteiger partial charge < -0.3 is 10.5 Å². The number of ether oxygens (including phenoxy) is 1. The maximum absolute atomic E-state index is 12.1. The molecule has 19 heavy (non-hydrogen) atoms. The third-order valence-electron chi connectivity index (χ3n) is 2.98. The van der Waals surface area contributed by atoms with Crippen LogP contribution in [0.15, 0.2) is 24.3 Å². The summed E-state index contributed by atoms with van der Waals surface area (Å²) in [6, 6.07) is 7.93. The smallest absolute Gasteiger partial charge is 0.411 e. The third-order valence-corrected chi connectivity index (χ3v) is 2.98. The van der Waals surface area contributed by atoms with Gasteiger partial charge in [0.1, 0.15) is 5.60 Å². The van der Waals surface area contributed by atoms with Crippen LogP contribution >= 0.6 is 12.4 Å². The van der Waals surface area contributed by atoms with Crippen LogP contribution in [-0.2, 0) is 11.3 Å². The minimum absolute atomic E-state index is 0. The summed E-state index contributed by atoms with van der Waals surface area (Å²) >= 11 is 0. The Morgan fingerprint density at radius 3 is 2.63 bits per heavy atom. The molecule has 1 unspecified atom stereocenters. The molecule has 0 aliphatic carbocycles. The van der Waals surface area contributed by atoms with E-state index in [1.54, 1.807) is 4.90 Å². The summed E-state index contributed by atoms with van der Waals surface area (Å²) in [5.74, 6) is 0. The Labute approximate surface area is 120 Å². The lowest BCUT2D eigenvalue weighted by Crippen LogP contribution is -2.38. The molecule has 0 radical (unpaired) electrons. The van der Waals surface area contributed by atoms with Gasteiger partial charge >= 0.3 is 6.09 Å². The minimum Gasteiger partial charge on any atom is -0.444 e. The largest absolute Gasteiger partial charge is 0.444 e. The van der Waals surface area contributed by atoms with Crippen molar-refractivity contribution < 1.29 is 9.53 Å². The highest BCUT2D eigenvalue weighted by molar-refractivity contribution is 5.85. The van der Waals surface area contributed by atoms with Gasteiger partial charge in [-0.3, -0.25) is 4.90 Å². The number of halogens is 1. The molecule has 1 amide bonds. The Morgan fingerprint density at radius 1 is 1.42 bits per heavy atom. The van der Waals surface area contributed by atoms with Crippen molar-refractivity contribution in [3.63, 3.8) is 0 Å². The zero-order chi connectivity index (χ0) is 13.3. The molecule has 1 atom stereocenters. The highest BCUT2D eigenvalue weighted by Gasteiger charge is 2.34. The molecule has 0 fully saturated rings. The standard InChI is InChI=1S/C14H20N2O2.ClH/c1-14(2,3)18-13(17)16-9-10-6-4-5-7-11(10)12(16)8-15;/h4-7,12H,8-9,15H2,1-3H3;1H. The van der Waals surface area contributed by atoms with Crippen molar-refractivity contribution in [3.05, 3.63) is 35.4 Å². The van der Waals surface area contributed by atoms with Crippen molar-refractivity contribution in [2.24, 2.45) is 5.73 Å². The van der Waals surface area contributed by atoms with Gasteiger partial charge in [0.15, 0.2) is 0 Å². The zero-order valence-corrected chi connectivity index (χ0v) is 12.4. The van der Waals surface area contributed by atoms with E-state index < -0.39 is 5.60 Å². The van der Waals surface area contributed by atoms with Crippen molar-refractivity contribution in [2.45, 2.75) is 39.0 Å². The number of benzene rings is 1. The van der Waals surface area contributed by atoms with E-state index in [0.717, 1.165) is 11.1 Å². The summed E-state index contributed by atoms with van der Waals surface area (Å²) in [6.07, 6.45) is -0.297. The van der Waals surface area contributed by atoms with E-state index in [4.69, 9.17) is 10.5 Å². The zero-order valence-electron chi connectivity index (χ0n) is 11.6. The number of carbonyl (C=O) groups excluding carboxylic acids is 1. The van der Waals surface area contributed by atoms with E-state index in [2.05, 4.69) is 0 Å².